The zero-order chi connectivity index (χ0) is 11.0. The van der Waals surface area contributed by atoms with Crippen LogP contribution < -0.4 is 0 Å². The number of hydrogen-bond acceptors (Lipinski definition) is 4. The van der Waals surface area contributed by atoms with Crippen molar-refractivity contribution >= 4 is 5.97 Å². The summed E-state index contributed by atoms with van der Waals surface area (Å²) in [7, 11) is 1.57. The molecule has 0 aliphatic heterocycles. The van der Waals surface area contributed by atoms with Gasteiger partial charge in [-0.25, -0.2) is 4.79 Å². The first-order valence-electron chi connectivity index (χ1n) is 4.35. The Morgan fingerprint density at radius 3 is 2.57 bits per heavy atom. The summed E-state index contributed by atoms with van der Waals surface area (Å²) in [4.78, 5) is 12.3. The Hall–Kier alpha value is -0.910. The van der Waals surface area contributed by atoms with Crippen molar-refractivity contribution < 1.29 is 19.7 Å². The van der Waals surface area contributed by atoms with Crippen LogP contribution in [0.5, 0.6) is 0 Å². The first kappa shape index (κ1) is 13.1. The minimum Gasteiger partial charge on any atom is -0.478 e. The first-order chi connectivity index (χ1) is 6.61. The third kappa shape index (κ3) is 5.69. The predicted molar refractivity (Wildman–Crippen MR) is 52.2 cm³/mol. The Morgan fingerprint density at radius 2 is 2.14 bits per heavy atom. The molecule has 0 spiro atoms. The smallest absolute Gasteiger partial charge is 0.332 e. The number of methoxy groups -OCH3 is 1. The van der Waals surface area contributed by atoms with E-state index in [-0.39, 0.29) is 18.7 Å². The molecule has 0 aromatic carbocycles. The quantitative estimate of drug-likeness (QED) is 0.524. The van der Waals surface area contributed by atoms with Gasteiger partial charge in [0, 0.05) is 32.3 Å². The number of rotatable bonds is 8. The lowest BCUT2D eigenvalue weighted by atomic mass is 10.3. The number of carbonyl (C=O) groups is 1. The molecule has 0 heterocycles. The van der Waals surface area contributed by atoms with Crippen LogP contribution in [0.1, 0.15) is 0 Å². The van der Waals surface area contributed by atoms with Gasteiger partial charge in [-0.15, -0.1) is 0 Å². The van der Waals surface area contributed by atoms with Gasteiger partial charge in [0.05, 0.1) is 13.2 Å². The number of aliphatic hydroxyl groups is 1. The summed E-state index contributed by atoms with van der Waals surface area (Å²) >= 11 is 0. The minimum absolute atomic E-state index is 0.00336. The van der Waals surface area contributed by atoms with E-state index in [0.29, 0.717) is 19.7 Å². The highest BCUT2D eigenvalue weighted by atomic mass is 16.5. The van der Waals surface area contributed by atoms with Crippen molar-refractivity contribution in [3.8, 4) is 0 Å². The molecule has 0 saturated heterocycles. The summed E-state index contributed by atoms with van der Waals surface area (Å²) in [6.45, 7) is 5.19. The second-order valence-corrected chi connectivity index (χ2v) is 2.90. The van der Waals surface area contributed by atoms with Gasteiger partial charge in [0.25, 0.3) is 0 Å². The summed E-state index contributed by atoms with van der Waals surface area (Å²) in [6.07, 6.45) is 0. The number of hydrogen-bond donors (Lipinski definition) is 2. The number of nitrogens with zero attached hydrogens (tertiary/aromatic N) is 1. The third-order valence-electron chi connectivity index (χ3n) is 1.74. The molecule has 0 amide bonds. The van der Waals surface area contributed by atoms with Gasteiger partial charge in [-0.2, -0.15) is 0 Å². The average molecular weight is 203 g/mol. The van der Waals surface area contributed by atoms with Crippen LogP contribution >= 0.6 is 0 Å². The minimum atomic E-state index is -1.01. The molecule has 5 heteroatoms. The Labute approximate surface area is 83.6 Å². The Morgan fingerprint density at radius 1 is 1.50 bits per heavy atom. The molecular formula is C9H17NO4. The molecule has 0 aliphatic rings. The zero-order valence-electron chi connectivity index (χ0n) is 8.40. The van der Waals surface area contributed by atoms with Crippen LogP contribution in [0.4, 0.5) is 0 Å². The van der Waals surface area contributed by atoms with Gasteiger partial charge >= 0.3 is 5.97 Å². The highest BCUT2D eigenvalue weighted by molar-refractivity contribution is 5.86. The van der Waals surface area contributed by atoms with Crippen LogP contribution in [0.25, 0.3) is 0 Å². The standard InChI is InChI=1S/C9H17NO4/c1-8(9(12)13)7-10(3-5-11)4-6-14-2/h11H,1,3-7H2,2H3,(H,12,13). The normalized spacial score (nSPS) is 10.5. The van der Waals surface area contributed by atoms with Crippen molar-refractivity contribution in [1.29, 1.82) is 0 Å². The maximum atomic E-state index is 10.5. The lowest BCUT2D eigenvalue weighted by molar-refractivity contribution is -0.132. The third-order valence-corrected chi connectivity index (χ3v) is 1.74. The van der Waals surface area contributed by atoms with Crippen LogP contribution in [0.2, 0.25) is 0 Å². The topological polar surface area (TPSA) is 70.0 Å². The maximum absolute atomic E-state index is 10.5. The van der Waals surface area contributed by atoms with Crippen molar-refractivity contribution in [3.63, 3.8) is 0 Å². The fourth-order valence-electron chi connectivity index (χ4n) is 0.969. The van der Waals surface area contributed by atoms with Gasteiger partial charge in [0.15, 0.2) is 0 Å². The summed E-state index contributed by atoms with van der Waals surface area (Å²) in [5, 5.41) is 17.3. The summed E-state index contributed by atoms with van der Waals surface area (Å²) in [5.74, 6) is -1.01. The number of carboxylic acids is 1. The van der Waals surface area contributed by atoms with Crippen LogP contribution in [0, 0.1) is 0 Å². The van der Waals surface area contributed by atoms with E-state index in [0.717, 1.165) is 0 Å². The molecule has 0 atom stereocenters. The summed E-state index contributed by atoms with van der Waals surface area (Å²) in [5.41, 5.74) is 0.120. The van der Waals surface area contributed by atoms with Crippen LogP contribution in [-0.2, 0) is 9.53 Å². The fraction of sp³-hybridized carbons (Fsp3) is 0.667. The summed E-state index contributed by atoms with van der Waals surface area (Å²) < 4.78 is 4.86. The second kappa shape index (κ2) is 7.49. The molecule has 0 unspecified atom stereocenters. The zero-order valence-corrected chi connectivity index (χ0v) is 8.40. The van der Waals surface area contributed by atoms with Crippen molar-refractivity contribution in [3.05, 3.63) is 12.2 Å². The van der Waals surface area contributed by atoms with Gasteiger partial charge in [0.1, 0.15) is 0 Å². The highest BCUT2D eigenvalue weighted by Gasteiger charge is 2.10. The molecule has 0 aliphatic carbocycles. The molecule has 0 fully saturated rings. The van der Waals surface area contributed by atoms with E-state index in [1.54, 1.807) is 12.0 Å². The second-order valence-electron chi connectivity index (χ2n) is 2.90. The molecule has 82 valence electrons. The van der Waals surface area contributed by atoms with E-state index in [4.69, 9.17) is 14.9 Å². The summed E-state index contributed by atoms with van der Waals surface area (Å²) in [6, 6.07) is 0. The molecule has 5 nitrogen and oxygen atoms in total. The van der Waals surface area contributed by atoms with E-state index in [9.17, 15) is 4.79 Å². The highest BCUT2D eigenvalue weighted by Crippen LogP contribution is 1.96. The van der Waals surface area contributed by atoms with E-state index < -0.39 is 5.97 Å². The molecule has 0 radical (unpaired) electrons. The van der Waals surface area contributed by atoms with Crippen molar-refractivity contribution in [2.45, 2.75) is 0 Å². The largest absolute Gasteiger partial charge is 0.478 e. The number of carboxylic acid groups (broad SMARTS) is 1. The first-order valence-corrected chi connectivity index (χ1v) is 4.35. The van der Waals surface area contributed by atoms with E-state index >= 15 is 0 Å². The molecule has 0 saturated carbocycles. The number of aliphatic carboxylic acids is 1. The van der Waals surface area contributed by atoms with Crippen LogP contribution in [0.3, 0.4) is 0 Å². The maximum Gasteiger partial charge on any atom is 0.332 e. The van der Waals surface area contributed by atoms with E-state index in [1.165, 1.54) is 0 Å². The van der Waals surface area contributed by atoms with Gasteiger partial charge in [-0.1, -0.05) is 6.58 Å². The van der Waals surface area contributed by atoms with Gasteiger partial charge in [-0.05, 0) is 0 Å². The molecule has 2 N–H and O–H groups in total. The van der Waals surface area contributed by atoms with Gasteiger partial charge in [0.2, 0.25) is 0 Å². The molecule has 0 rings (SSSR count). The van der Waals surface area contributed by atoms with Crippen molar-refractivity contribution in [1.82, 2.24) is 4.90 Å². The Bertz CT molecular complexity index is 193. The monoisotopic (exact) mass is 203 g/mol. The fourth-order valence-corrected chi connectivity index (χ4v) is 0.969. The van der Waals surface area contributed by atoms with Crippen LogP contribution in [0.15, 0.2) is 12.2 Å². The lowest BCUT2D eigenvalue weighted by Crippen LogP contribution is -2.33. The van der Waals surface area contributed by atoms with E-state index in [1.807, 2.05) is 0 Å². The molecule has 14 heavy (non-hydrogen) atoms. The van der Waals surface area contributed by atoms with Gasteiger partial charge < -0.3 is 14.9 Å². The lowest BCUT2D eigenvalue weighted by Gasteiger charge is -2.20. The van der Waals surface area contributed by atoms with Crippen molar-refractivity contribution in [2.75, 3.05) is 40.0 Å². The Kier molecular flexibility index (Phi) is 7.00. The average Bonchev–Trinajstić information content (AvgIpc) is 2.14. The number of ether oxygens (including phenoxy) is 1. The molecule has 0 aromatic rings. The molecular weight excluding hydrogens is 186 g/mol. The van der Waals surface area contributed by atoms with Crippen LogP contribution in [-0.4, -0.2) is 61.0 Å². The molecule has 0 aromatic heterocycles. The SMILES string of the molecule is C=C(CN(CCO)CCOC)C(=O)O. The Balaban J connectivity index is 3.94. The predicted octanol–water partition coefficient (Wildman–Crippen LogP) is -0.432. The van der Waals surface area contributed by atoms with E-state index in [2.05, 4.69) is 6.58 Å². The molecule has 0 bridgehead atoms. The van der Waals surface area contributed by atoms with Gasteiger partial charge in [-0.3, -0.25) is 4.90 Å². The number of aliphatic hydroxyl groups excluding tert-OH is 1. The van der Waals surface area contributed by atoms with Crippen molar-refractivity contribution in [2.24, 2.45) is 0 Å².